The minimum absolute atomic E-state index is 0.0111. The zero-order valence-corrected chi connectivity index (χ0v) is 16.6. The van der Waals surface area contributed by atoms with E-state index < -0.39 is 46.6 Å². The molecule has 10 heteroatoms. The summed E-state index contributed by atoms with van der Waals surface area (Å²) in [6.07, 6.45) is -3.88. The highest BCUT2D eigenvalue weighted by molar-refractivity contribution is 7.86. The van der Waals surface area contributed by atoms with Crippen molar-refractivity contribution in [1.82, 2.24) is 0 Å². The Kier molecular flexibility index (Phi) is 4.68. The largest absolute Gasteiger partial charge is 0.453 e. The predicted molar refractivity (Wildman–Crippen MR) is 95.4 cm³/mol. The molecule has 0 saturated carbocycles. The summed E-state index contributed by atoms with van der Waals surface area (Å²) in [7, 11) is -4.06. The fourth-order valence-corrected chi connectivity index (χ4v) is 4.61. The van der Waals surface area contributed by atoms with E-state index in [0.717, 1.165) is 5.56 Å². The Morgan fingerprint density at radius 2 is 1.85 bits per heavy atom. The molecule has 0 spiro atoms. The van der Waals surface area contributed by atoms with Crippen LogP contribution in [0.25, 0.3) is 0 Å². The second kappa shape index (κ2) is 6.64. The van der Waals surface area contributed by atoms with Gasteiger partial charge in [0.15, 0.2) is 18.2 Å². The van der Waals surface area contributed by atoms with E-state index in [1.807, 2.05) is 6.92 Å². The van der Waals surface area contributed by atoms with Gasteiger partial charge in [0.25, 0.3) is 10.1 Å². The summed E-state index contributed by atoms with van der Waals surface area (Å²) < 4.78 is 59.2. The lowest BCUT2D eigenvalue weighted by Gasteiger charge is -2.27. The van der Waals surface area contributed by atoms with Crippen molar-refractivity contribution < 1.29 is 36.3 Å². The number of ether oxygens (including phenoxy) is 5. The third kappa shape index (κ3) is 3.69. The van der Waals surface area contributed by atoms with Crippen LogP contribution in [0.1, 0.15) is 19.4 Å². The number of thiocarbonyl (C=S) groups is 1. The number of rotatable bonds is 4. The topological polar surface area (TPSA) is 89.5 Å². The van der Waals surface area contributed by atoms with Crippen LogP contribution in [-0.2, 0) is 38.0 Å². The molecule has 3 heterocycles. The average Bonchev–Trinajstić information content (AvgIpc) is 3.21. The molecule has 5 atom stereocenters. The van der Waals surface area contributed by atoms with Crippen molar-refractivity contribution >= 4 is 27.6 Å². The molecule has 3 aliphatic rings. The maximum atomic E-state index is 12.8. The van der Waals surface area contributed by atoms with Crippen molar-refractivity contribution in [3.05, 3.63) is 29.8 Å². The van der Waals surface area contributed by atoms with Crippen LogP contribution in [0.4, 0.5) is 0 Å². The van der Waals surface area contributed by atoms with Gasteiger partial charge in [0.05, 0.1) is 4.90 Å². The summed E-state index contributed by atoms with van der Waals surface area (Å²) in [4.78, 5) is 0.0487. The Balaban J connectivity index is 1.61. The molecule has 0 unspecified atom stereocenters. The molecule has 8 nitrogen and oxygen atoms in total. The van der Waals surface area contributed by atoms with Crippen molar-refractivity contribution in [2.75, 3.05) is 6.61 Å². The van der Waals surface area contributed by atoms with Gasteiger partial charge in [-0.05, 0) is 32.9 Å². The molecule has 0 aromatic heterocycles. The van der Waals surface area contributed by atoms with Crippen molar-refractivity contribution in [3.63, 3.8) is 0 Å². The van der Waals surface area contributed by atoms with Gasteiger partial charge in [0.1, 0.15) is 24.9 Å². The van der Waals surface area contributed by atoms with Crippen molar-refractivity contribution in [1.29, 1.82) is 0 Å². The van der Waals surface area contributed by atoms with Gasteiger partial charge < -0.3 is 23.7 Å². The highest BCUT2D eigenvalue weighted by Gasteiger charge is 2.60. The molecule has 3 aliphatic heterocycles. The normalized spacial score (nSPS) is 34.9. The molecule has 1 aromatic rings. The van der Waals surface area contributed by atoms with E-state index in [-0.39, 0.29) is 16.7 Å². The molecule has 0 N–H and O–H groups in total. The molecule has 0 bridgehead atoms. The molecule has 4 rings (SSSR count). The second-order valence-electron chi connectivity index (χ2n) is 7.11. The highest BCUT2D eigenvalue weighted by Crippen LogP contribution is 2.41. The van der Waals surface area contributed by atoms with Crippen molar-refractivity contribution in [2.45, 2.75) is 62.2 Å². The van der Waals surface area contributed by atoms with E-state index in [2.05, 4.69) is 0 Å². The van der Waals surface area contributed by atoms with Gasteiger partial charge in [-0.25, -0.2) is 0 Å². The summed E-state index contributed by atoms with van der Waals surface area (Å²) in [5, 5.41) is -0.0111. The van der Waals surface area contributed by atoms with Crippen LogP contribution >= 0.6 is 12.2 Å². The van der Waals surface area contributed by atoms with Crippen LogP contribution in [-0.4, -0.2) is 56.8 Å². The minimum atomic E-state index is -4.06. The number of benzene rings is 1. The van der Waals surface area contributed by atoms with Crippen LogP contribution in [0.15, 0.2) is 29.2 Å². The lowest BCUT2D eigenvalue weighted by molar-refractivity contribution is -0.221. The highest BCUT2D eigenvalue weighted by atomic mass is 32.2. The molecular weight excluding hydrogens is 396 g/mol. The van der Waals surface area contributed by atoms with Gasteiger partial charge in [0, 0.05) is 12.2 Å². The number of hydrogen-bond acceptors (Lipinski definition) is 9. The summed E-state index contributed by atoms with van der Waals surface area (Å²) in [5.74, 6) is -0.919. The number of fused-ring (bicyclic) bond motifs is 1. The maximum Gasteiger partial charge on any atom is 0.352 e. The van der Waals surface area contributed by atoms with E-state index in [4.69, 9.17) is 40.1 Å². The minimum Gasteiger partial charge on any atom is -0.453 e. The summed E-state index contributed by atoms with van der Waals surface area (Å²) in [6, 6.07) is 6.39. The fraction of sp³-hybridized carbons (Fsp3) is 0.588. The molecule has 0 radical (unpaired) electrons. The fourth-order valence-electron chi connectivity index (χ4n) is 3.32. The third-order valence-electron chi connectivity index (χ3n) is 4.55. The molecule has 27 heavy (non-hydrogen) atoms. The SMILES string of the molecule is Cc1ccc(S(=O)(=O)O[C@@H]2[C@H]([C@@H]3COC(=S)O3)O[C@H]3OC(C)(C)O[C@@H]32)cc1. The van der Waals surface area contributed by atoms with Gasteiger partial charge in [-0.1, -0.05) is 17.7 Å². The molecule has 3 saturated heterocycles. The van der Waals surface area contributed by atoms with Crippen LogP contribution in [0.5, 0.6) is 0 Å². The Hall–Kier alpha value is -1.30. The van der Waals surface area contributed by atoms with Crippen LogP contribution < -0.4 is 0 Å². The van der Waals surface area contributed by atoms with Crippen molar-refractivity contribution in [3.8, 4) is 0 Å². The molecule has 0 amide bonds. The summed E-state index contributed by atoms with van der Waals surface area (Å²) in [6.45, 7) is 5.45. The second-order valence-corrected chi connectivity index (χ2v) is 9.02. The van der Waals surface area contributed by atoms with E-state index in [0.29, 0.717) is 0 Å². The maximum absolute atomic E-state index is 12.8. The first-order chi connectivity index (χ1) is 12.6. The lowest BCUT2D eigenvalue weighted by Crippen LogP contribution is -2.44. The van der Waals surface area contributed by atoms with Gasteiger partial charge in [-0.15, -0.1) is 0 Å². The zero-order chi connectivity index (χ0) is 19.4. The standard InChI is InChI=1S/C17H20O8S2/c1-9-4-6-10(7-5-9)27(18,19)25-13-12(11-8-20-16(26)21-11)22-15-14(13)23-17(2,3)24-15/h4-7,11-15H,8H2,1-3H3/t11-,12-,13+,14+,15-/m0/s1. The molecular formula is C17H20O8S2. The Morgan fingerprint density at radius 3 is 2.48 bits per heavy atom. The Morgan fingerprint density at radius 1 is 1.15 bits per heavy atom. The van der Waals surface area contributed by atoms with Gasteiger partial charge >= 0.3 is 5.24 Å². The number of aryl methyl sites for hydroxylation is 1. The van der Waals surface area contributed by atoms with Crippen LogP contribution in [0, 0.1) is 6.92 Å². The van der Waals surface area contributed by atoms with Crippen LogP contribution in [0.3, 0.4) is 0 Å². The third-order valence-corrected chi connectivity index (χ3v) is 6.09. The van der Waals surface area contributed by atoms with E-state index in [1.165, 1.54) is 12.1 Å². The lowest BCUT2D eigenvalue weighted by atomic mass is 10.1. The first-order valence-electron chi connectivity index (χ1n) is 8.49. The van der Waals surface area contributed by atoms with E-state index >= 15 is 0 Å². The van der Waals surface area contributed by atoms with E-state index in [1.54, 1.807) is 26.0 Å². The molecule has 1 aromatic carbocycles. The monoisotopic (exact) mass is 416 g/mol. The molecule has 0 aliphatic carbocycles. The quantitative estimate of drug-likeness (QED) is 0.537. The van der Waals surface area contributed by atoms with Gasteiger partial charge in [0.2, 0.25) is 0 Å². The van der Waals surface area contributed by atoms with Gasteiger partial charge in [-0.2, -0.15) is 8.42 Å². The predicted octanol–water partition coefficient (Wildman–Crippen LogP) is 1.65. The average molecular weight is 416 g/mol. The van der Waals surface area contributed by atoms with Crippen LogP contribution in [0.2, 0.25) is 0 Å². The van der Waals surface area contributed by atoms with Crippen molar-refractivity contribution in [2.24, 2.45) is 0 Å². The summed E-state index contributed by atoms with van der Waals surface area (Å²) in [5.41, 5.74) is 0.940. The first kappa shape index (κ1) is 19.0. The number of hydrogen-bond donors (Lipinski definition) is 0. The summed E-state index contributed by atoms with van der Waals surface area (Å²) >= 11 is 4.88. The molecule has 3 fully saturated rings. The Bertz CT molecular complexity index is 835. The molecule has 148 valence electrons. The van der Waals surface area contributed by atoms with E-state index in [9.17, 15) is 8.42 Å². The smallest absolute Gasteiger partial charge is 0.352 e. The first-order valence-corrected chi connectivity index (χ1v) is 10.3. The van der Waals surface area contributed by atoms with Gasteiger partial charge in [-0.3, -0.25) is 4.18 Å². The zero-order valence-electron chi connectivity index (χ0n) is 15.0. The Labute approximate surface area is 162 Å².